The van der Waals surface area contributed by atoms with Crippen LogP contribution in [0.5, 0.6) is 17.2 Å². The maximum absolute atomic E-state index is 12.7. The highest BCUT2D eigenvalue weighted by Gasteiger charge is 2.20. The van der Waals surface area contributed by atoms with Crippen molar-refractivity contribution in [1.82, 2.24) is 4.57 Å². The number of rotatable bonds is 5. The van der Waals surface area contributed by atoms with Crippen LogP contribution in [0.15, 0.2) is 47.3 Å². The van der Waals surface area contributed by atoms with Gasteiger partial charge >= 0.3 is 0 Å². The Bertz CT molecular complexity index is 967. The monoisotopic (exact) mass is 451 g/mol. The van der Waals surface area contributed by atoms with Gasteiger partial charge in [-0.1, -0.05) is 30.3 Å². The summed E-state index contributed by atoms with van der Waals surface area (Å²) in [5.74, 6) is 1.60. The summed E-state index contributed by atoms with van der Waals surface area (Å²) < 4.78 is 19.0. The fourth-order valence-corrected chi connectivity index (χ4v) is 3.68. The minimum atomic E-state index is -0.0740. The summed E-state index contributed by atoms with van der Waals surface area (Å²) in [6, 6.07) is 13.3. The average molecular weight is 451 g/mol. The predicted octanol–water partition coefficient (Wildman–Crippen LogP) is 3.68. The van der Waals surface area contributed by atoms with Crippen LogP contribution in [0.2, 0.25) is 0 Å². The molecule has 0 saturated heterocycles. The molecule has 5 nitrogen and oxygen atoms in total. The molecule has 0 saturated carbocycles. The second-order valence-corrected chi connectivity index (χ2v) is 6.60. The second kappa shape index (κ2) is 7.35. The van der Waals surface area contributed by atoms with Gasteiger partial charge in [0.05, 0.1) is 38.8 Å². The van der Waals surface area contributed by atoms with Crippen molar-refractivity contribution in [3.05, 3.63) is 62.0 Å². The molecule has 3 rings (SSSR count). The summed E-state index contributed by atoms with van der Waals surface area (Å²) in [4.78, 5) is 12.7. The van der Waals surface area contributed by atoms with Gasteiger partial charge in [0.25, 0.3) is 5.56 Å². The van der Waals surface area contributed by atoms with Gasteiger partial charge in [-0.25, -0.2) is 0 Å². The molecule has 0 spiro atoms. The number of hydrogen-bond acceptors (Lipinski definition) is 4. The van der Waals surface area contributed by atoms with E-state index in [1.54, 1.807) is 32.0 Å². The Kier molecular flexibility index (Phi) is 5.17. The molecule has 3 aromatic rings. The number of nitrogens with zero attached hydrogens (tertiary/aromatic N) is 1. The van der Waals surface area contributed by atoms with Crippen molar-refractivity contribution in [2.75, 3.05) is 21.3 Å². The maximum atomic E-state index is 12.7. The van der Waals surface area contributed by atoms with Crippen molar-refractivity contribution in [3.63, 3.8) is 0 Å². The van der Waals surface area contributed by atoms with Gasteiger partial charge in [-0.3, -0.25) is 4.79 Å². The van der Waals surface area contributed by atoms with Gasteiger partial charge in [0.15, 0.2) is 11.5 Å². The predicted molar refractivity (Wildman–Crippen MR) is 106 cm³/mol. The summed E-state index contributed by atoms with van der Waals surface area (Å²) in [6.45, 7) is 0.464. The van der Waals surface area contributed by atoms with Gasteiger partial charge in [-0.2, -0.15) is 0 Å². The maximum Gasteiger partial charge on any atom is 0.252 e. The first-order chi connectivity index (χ1) is 12.1. The van der Waals surface area contributed by atoms with E-state index in [2.05, 4.69) is 22.6 Å². The van der Waals surface area contributed by atoms with Crippen molar-refractivity contribution in [2.24, 2.45) is 0 Å². The largest absolute Gasteiger partial charge is 0.493 e. The molecule has 2 aromatic carbocycles. The van der Waals surface area contributed by atoms with Crippen molar-refractivity contribution < 1.29 is 14.2 Å². The topological polar surface area (TPSA) is 49.7 Å². The van der Waals surface area contributed by atoms with Crippen LogP contribution < -0.4 is 19.8 Å². The first kappa shape index (κ1) is 17.6. The zero-order valence-corrected chi connectivity index (χ0v) is 16.4. The third-order valence-electron chi connectivity index (χ3n) is 4.04. The molecule has 0 N–H and O–H groups in total. The van der Waals surface area contributed by atoms with Crippen LogP contribution >= 0.6 is 22.6 Å². The molecule has 0 aliphatic rings. The number of fused-ring (bicyclic) bond motifs is 1. The Labute approximate surface area is 159 Å². The summed E-state index contributed by atoms with van der Waals surface area (Å²) in [6.07, 6.45) is 0. The molecule has 25 heavy (non-hydrogen) atoms. The highest BCUT2D eigenvalue weighted by molar-refractivity contribution is 14.1. The Morgan fingerprint density at radius 1 is 0.960 bits per heavy atom. The Morgan fingerprint density at radius 2 is 1.64 bits per heavy atom. The molecule has 0 aliphatic heterocycles. The van der Waals surface area contributed by atoms with E-state index >= 15 is 0 Å². The molecule has 0 amide bonds. The van der Waals surface area contributed by atoms with E-state index in [1.807, 2.05) is 36.4 Å². The standard InChI is InChI=1S/C19H18INO4/c1-23-15-10-14-17(19(25-3)18(15)24-2)13(20)9-16(22)21(14)11-12-7-5-4-6-8-12/h4-10H,11H2,1-3H3. The number of halogens is 1. The molecular formula is C19H18INO4. The average Bonchev–Trinajstić information content (AvgIpc) is 2.63. The summed E-state index contributed by atoms with van der Waals surface area (Å²) in [5, 5.41) is 0.830. The van der Waals surface area contributed by atoms with E-state index in [4.69, 9.17) is 14.2 Å². The van der Waals surface area contributed by atoms with Gasteiger partial charge < -0.3 is 18.8 Å². The molecule has 0 radical (unpaired) electrons. The lowest BCUT2D eigenvalue weighted by atomic mass is 10.1. The van der Waals surface area contributed by atoms with Gasteiger partial charge in [0, 0.05) is 15.7 Å². The Hall–Kier alpha value is -2.22. The molecular weight excluding hydrogens is 433 g/mol. The molecule has 0 bridgehead atoms. The molecule has 130 valence electrons. The van der Waals surface area contributed by atoms with E-state index in [0.717, 1.165) is 20.0 Å². The van der Waals surface area contributed by atoms with E-state index < -0.39 is 0 Å². The number of hydrogen-bond donors (Lipinski definition) is 0. The summed E-state index contributed by atoms with van der Waals surface area (Å²) >= 11 is 2.15. The molecule has 0 fully saturated rings. The fraction of sp³-hybridized carbons (Fsp3) is 0.211. The minimum absolute atomic E-state index is 0.0740. The first-order valence-corrected chi connectivity index (χ1v) is 8.74. The molecule has 1 heterocycles. The van der Waals surface area contributed by atoms with Gasteiger partial charge in [0.1, 0.15) is 0 Å². The Balaban J connectivity index is 2.36. The van der Waals surface area contributed by atoms with Crippen molar-refractivity contribution in [1.29, 1.82) is 0 Å². The molecule has 6 heteroatoms. The van der Waals surface area contributed by atoms with E-state index in [1.165, 1.54) is 0 Å². The Morgan fingerprint density at radius 3 is 2.24 bits per heavy atom. The van der Waals surface area contributed by atoms with Crippen LogP contribution in [0.3, 0.4) is 0 Å². The van der Waals surface area contributed by atoms with Gasteiger partial charge in [0.2, 0.25) is 5.75 Å². The lowest BCUT2D eigenvalue weighted by Gasteiger charge is -2.18. The van der Waals surface area contributed by atoms with Crippen LogP contribution in [0.25, 0.3) is 10.9 Å². The van der Waals surface area contributed by atoms with Crippen LogP contribution in [0, 0.1) is 3.57 Å². The van der Waals surface area contributed by atoms with Crippen molar-refractivity contribution in [2.45, 2.75) is 6.54 Å². The fourth-order valence-electron chi connectivity index (χ4n) is 2.89. The molecule has 1 aromatic heterocycles. The number of methoxy groups -OCH3 is 3. The highest BCUT2D eigenvalue weighted by atomic mass is 127. The third kappa shape index (κ3) is 3.18. The van der Waals surface area contributed by atoms with Crippen LogP contribution in [-0.2, 0) is 6.54 Å². The third-order valence-corrected chi connectivity index (χ3v) is 4.89. The first-order valence-electron chi connectivity index (χ1n) is 7.66. The summed E-state index contributed by atoms with van der Waals surface area (Å²) in [5.41, 5.74) is 1.71. The lowest BCUT2D eigenvalue weighted by molar-refractivity contribution is 0.327. The van der Waals surface area contributed by atoms with Gasteiger partial charge in [-0.15, -0.1) is 0 Å². The SMILES string of the molecule is COc1cc2c(c(I)cc(=O)n2Cc2ccccc2)c(OC)c1OC. The lowest BCUT2D eigenvalue weighted by Crippen LogP contribution is -2.21. The van der Waals surface area contributed by atoms with Crippen LogP contribution in [0.1, 0.15) is 5.56 Å². The summed E-state index contributed by atoms with van der Waals surface area (Å²) in [7, 11) is 4.72. The quantitative estimate of drug-likeness (QED) is 0.556. The number of benzene rings is 2. The van der Waals surface area contributed by atoms with Crippen molar-refractivity contribution >= 4 is 33.5 Å². The molecule has 0 atom stereocenters. The van der Waals surface area contributed by atoms with Gasteiger partial charge in [-0.05, 0) is 28.2 Å². The van der Waals surface area contributed by atoms with Crippen LogP contribution in [0.4, 0.5) is 0 Å². The second-order valence-electron chi connectivity index (χ2n) is 5.44. The van der Waals surface area contributed by atoms with Crippen molar-refractivity contribution in [3.8, 4) is 17.2 Å². The number of aromatic nitrogens is 1. The van der Waals surface area contributed by atoms with E-state index in [0.29, 0.717) is 23.8 Å². The number of pyridine rings is 1. The normalized spacial score (nSPS) is 10.7. The van der Waals surface area contributed by atoms with E-state index in [-0.39, 0.29) is 5.56 Å². The number of ether oxygens (including phenoxy) is 3. The van der Waals surface area contributed by atoms with Crippen LogP contribution in [-0.4, -0.2) is 25.9 Å². The zero-order chi connectivity index (χ0) is 18.0. The van der Waals surface area contributed by atoms with E-state index in [9.17, 15) is 4.79 Å². The molecule has 0 unspecified atom stereocenters. The molecule has 0 aliphatic carbocycles. The minimum Gasteiger partial charge on any atom is -0.493 e. The zero-order valence-electron chi connectivity index (χ0n) is 14.2. The smallest absolute Gasteiger partial charge is 0.252 e. The highest BCUT2D eigenvalue weighted by Crippen LogP contribution is 2.44.